The Balaban J connectivity index is 2.03. The molecule has 8 nitrogen and oxygen atoms in total. The third-order valence-electron chi connectivity index (χ3n) is 3.57. The molecule has 1 heterocycles. The average molecular weight is 340 g/mol. The lowest BCUT2D eigenvalue weighted by Crippen LogP contribution is -2.40. The van der Waals surface area contributed by atoms with E-state index in [0.29, 0.717) is 12.1 Å². The number of carbonyl (C=O) groups is 2. The van der Waals surface area contributed by atoms with Gasteiger partial charge in [0.15, 0.2) is 0 Å². The first-order chi connectivity index (χ1) is 12.1. The van der Waals surface area contributed by atoms with Crippen molar-refractivity contribution in [3.8, 4) is 0 Å². The third kappa shape index (κ3) is 5.38. The van der Waals surface area contributed by atoms with Crippen LogP contribution in [0.4, 0.5) is 0 Å². The van der Waals surface area contributed by atoms with E-state index in [-0.39, 0.29) is 12.1 Å². The standard InChI is InChI=1S/C17H16N4O4/c22-16(20-24)14-10-13(11-15(19-14)17(23)21-25)7-9-18-8-6-12-4-2-1-3-5-12/h1-5,7,9-10,15,19H,6,8,11H2/b13-7+,18-9+. The Bertz CT molecular complexity index is 753. The van der Waals surface area contributed by atoms with Gasteiger partial charge in [0.05, 0.1) is 0 Å². The van der Waals surface area contributed by atoms with Gasteiger partial charge in [-0.05, 0) is 29.7 Å². The van der Waals surface area contributed by atoms with Crippen LogP contribution >= 0.6 is 0 Å². The molecule has 1 atom stereocenters. The summed E-state index contributed by atoms with van der Waals surface area (Å²) in [4.78, 5) is 47.9. The minimum Gasteiger partial charge on any atom is -0.369 e. The first kappa shape index (κ1) is 18.1. The molecular weight excluding hydrogens is 324 g/mol. The number of rotatable bonds is 6. The highest BCUT2D eigenvalue weighted by molar-refractivity contribution is 5.96. The molecule has 8 heteroatoms. The van der Waals surface area contributed by atoms with Gasteiger partial charge in [-0.1, -0.05) is 30.3 Å². The van der Waals surface area contributed by atoms with Crippen molar-refractivity contribution < 1.29 is 9.59 Å². The van der Waals surface area contributed by atoms with Crippen LogP contribution < -0.4 is 5.32 Å². The fraction of sp³-hybridized carbons (Fsp3) is 0.235. The summed E-state index contributed by atoms with van der Waals surface area (Å²) in [5, 5.41) is 7.16. The molecule has 25 heavy (non-hydrogen) atoms. The van der Waals surface area contributed by atoms with Crippen LogP contribution in [0.15, 0.2) is 69.1 Å². The molecule has 2 rings (SSSR count). The molecule has 2 amide bonds. The molecule has 128 valence electrons. The summed E-state index contributed by atoms with van der Waals surface area (Å²) in [5.74, 6) is -1.99. The molecule has 0 bridgehead atoms. The number of nitrogens with one attached hydrogen (secondary N) is 1. The fourth-order valence-electron chi connectivity index (χ4n) is 2.32. The van der Waals surface area contributed by atoms with E-state index in [1.807, 2.05) is 30.3 Å². The highest BCUT2D eigenvalue weighted by Gasteiger charge is 2.27. The predicted octanol–water partition coefficient (Wildman–Crippen LogP) is 2.06. The van der Waals surface area contributed by atoms with E-state index >= 15 is 0 Å². The highest BCUT2D eigenvalue weighted by atomic mass is 16.3. The number of nitrogens with zero attached hydrogens (tertiary/aromatic N) is 3. The minimum atomic E-state index is -1.05. The maximum Gasteiger partial charge on any atom is 0.332 e. The molecule has 0 aliphatic carbocycles. The van der Waals surface area contributed by atoms with Crippen molar-refractivity contribution in [2.45, 2.75) is 18.9 Å². The van der Waals surface area contributed by atoms with Crippen LogP contribution in [0.2, 0.25) is 0 Å². The largest absolute Gasteiger partial charge is 0.369 e. The molecule has 1 aliphatic heterocycles. The molecule has 0 radical (unpaired) electrons. The number of carbonyl (C=O) groups excluding carboxylic acids is 2. The number of benzene rings is 1. The normalized spacial score (nSPS) is 18.5. The van der Waals surface area contributed by atoms with Gasteiger partial charge in [0.25, 0.3) is 0 Å². The second kappa shape index (κ2) is 9.11. The summed E-state index contributed by atoms with van der Waals surface area (Å²) in [7, 11) is 0. The maximum absolute atomic E-state index is 11.5. The van der Waals surface area contributed by atoms with Crippen molar-refractivity contribution in [3.05, 3.63) is 69.1 Å². The Kier molecular flexibility index (Phi) is 6.58. The summed E-state index contributed by atoms with van der Waals surface area (Å²) in [6, 6.07) is 8.89. The predicted molar refractivity (Wildman–Crippen MR) is 92.8 cm³/mol. The molecule has 0 spiro atoms. The van der Waals surface area contributed by atoms with Gasteiger partial charge in [-0.2, -0.15) is 0 Å². The summed E-state index contributed by atoms with van der Waals surface area (Å²) in [6.45, 7) is 0.579. The van der Waals surface area contributed by atoms with Crippen LogP contribution in [0.3, 0.4) is 0 Å². The zero-order valence-electron chi connectivity index (χ0n) is 13.3. The minimum absolute atomic E-state index is 0.146. The van der Waals surface area contributed by atoms with Crippen LogP contribution in [-0.2, 0) is 16.0 Å². The van der Waals surface area contributed by atoms with Gasteiger partial charge < -0.3 is 5.32 Å². The summed E-state index contributed by atoms with van der Waals surface area (Å²) >= 11 is 0. The molecule has 0 aromatic heterocycles. The Morgan fingerprint density at radius 2 is 1.92 bits per heavy atom. The average Bonchev–Trinajstić information content (AvgIpc) is 2.67. The summed E-state index contributed by atoms with van der Waals surface area (Å²) in [5.41, 5.74) is 1.59. The van der Waals surface area contributed by atoms with Crippen molar-refractivity contribution in [3.63, 3.8) is 0 Å². The summed E-state index contributed by atoms with van der Waals surface area (Å²) < 4.78 is 0. The van der Waals surface area contributed by atoms with E-state index in [2.05, 4.69) is 20.7 Å². The Morgan fingerprint density at radius 3 is 2.60 bits per heavy atom. The molecule has 0 fully saturated rings. The van der Waals surface area contributed by atoms with Crippen molar-refractivity contribution >= 4 is 18.0 Å². The van der Waals surface area contributed by atoms with E-state index in [4.69, 9.17) is 0 Å². The zero-order chi connectivity index (χ0) is 18.1. The monoisotopic (exact) mass is 340 g/mol. The van der Waals surface area contributed by atoms with Crippen LogP contribution in [0.1, 0.15) is 12.0 Å². The van der Waals surface area contributed by atoms with Crippen LogP contribution in [0, 0.1) is 9.81 Å². The molecule has 1 aromatic rings. The van der Waals surface area contributed by atoms with Gasteiger partial charge in [0.2, 0.25) is 0 Å². The quantitative estimate of drug-likeness (QED) is 0.628. The molecule has 1 unspecified atom stereocenters. The maximum atomic E-state index is 11.5. The van der Waals surface area contributed by atoms with E-state index in [9.17, 15) is 19.4 Å². The molecule has 1 N–H and O–H groups in total. The third-order valence-corrected chi connectivity index (χ3v) is 3.57. The molecule has 0 saturated carbocycles. The van der Waals surface area contributed by atoms with Crippen molar-refractivity contribution in [1.82, 2.24) is 5.32 Å². The summed E-state index contributed by atoms with van der Waals surface area (Å²) in [6.07, 6.45) is 5.53. The van der Waals surface area contributed by atoms with Crippen LogP contribution in [0.25, 0.3) is 0 Å². The van der Waals surface area contributed by atoms with Gasteiger partial charge in [-0.25, -0.2) is 0 Å². The van der Waals surface area contributed by atoms with Crippen molar-refractivity contribution in [2.24, 2.45) is 15.3 Å². The van der Waals surface area contributed by atoms with Gasteiger partial charge >= 0.3 is 11.8 Å². The molecular formula is C17H16N4O4. The van der Waals surface area contributed by atoms with E-state index in [1.165, 1.54) is 11.6 Å². The SMILES string of the molecule is O=NC(=O)C1=C/C(=C\C=N\CCc2ccccc2)CC(C(=O)N=O)N1. The van der Waals surface area contributed by atoms with E-state index in [1.54, 1.807) is 12.3 Å². The van der Waals surface area contributed by atoms with E-state index < -0.39 is 17.9 Å². The van der Waals surface area contributed by atoms with Crippen LogP contribution in [0.5, 0.6) is 0 Å². The number of aliphatic imine (C=N–C) groups is 1. The first-order valence-corrected chi connectivity index (χ1v) is 7.60. The molecule has 1 aliphatic rings. The van der Waals surface area contributed by atoms with Gasteiger partial charge in [-0.3, -0.25) is 14.6 Å². The van der Waals surface area contributed by atoms with Gasteiger partial charge in [0.1, 0.15) is 11.7 Å². The lowest BCUT2D eigenvalue weighted by Gasteiger charge is -2.21. The smallest absolute Gasteiger partial charge is 0.332 e. The number of hydrogen-bond donors (Lipinski definition) is 1. The number of amides is 2. The lowest BCUT2D eigenvalue weighted by atomic mass is 9.99. The van der Waals surface area contributed by atoms with Crippen molar-refractivity contribution in [2.75, 3.05) is 6.54 Å². The number of allylic oxidation sites excluding steroid dienone is 2. The second-order valence-electron chi connectivity index (χ2n) is 5.32. The second-order valence-corrected chi connectivity index (χ2v) is 5.32. The number of hydrogen-bond acceptors (Lipinski definition) is 6. The van der Waals surface area contributed by atoms with Crippen LogP contribution in [-0.4, -0.2) is 30.6 Å². The highest BCUT2D eigenvalue weighted by Crippen LogP contribution is 2.18. The topological polar surface area (TPSA) is 117 Å². The fourth-order valence-corrected chi connectivity index (χ4v) is 2.32. The Hall–Kier alpha value is -3.29. The Morgan fingerprint density at radius 1 is 1.16 bits per heavy atom. The molecule has 1 aromatic carbocycles. The van der Waals surface area contributed by atoms with Gasteiger partial charge in [-0.15, -0.1) is 9.81 Å². The number of nitroso groups, excluding NO2 is 2. The lowest BCUT2D eigenvalue weighted by molar-refractivity contribution is -0.120. The zero-order valence-corrected chi connectivity index (χ0v) is 13.3. The van der Waals surface area contributed by atoms with E-state index in [0.717, 1.165) is 6.42 Å². The van der Waals surface area contributed by atoms with Crippen molar-refractivity contribution in [1.29, 1.82) is 0 Å². The first-order valence-electron chi connectivity index (χ1n) is 7.60. The molecule has 0 saturated heterocycles. The Labute approximate surface area is 143 Å². The van der Waals surface area contributed by atoms with Gasteiger partial charge in [0, 0.05) is 29.5 Å².